The second kappa shape index (κ2) is 7.93. The number of ketones is 1. The van der Waals surface area contributed by atoms with E-state index < -0.39 is 0 Å². The Morgan fingerprint density at radius 3 is 2.39 bits per heavy atom. The van der Waals surface area contributed by atoms with Crippen molar-refractivity contribution in [3.8, 4) is 0 Å². The fraction of sp³-hybridized carbons (Fsp3) is 0.938. The lowest BCUT2D eigenvalue weighted by atomic mass is 9.69. The minimum absolute atomic E-state index is 0.155. The van der Waals surface area contributed by atoms with Crippen molar-refractivity contribution in [2.24, 2.45) is 17.1 Å². The van der Waals surface area contributed by atoms with Crippen LogP contribution in [0, 0.1) is 11.3 Å². The van der Waals surface area contributed by atoms with Crippen LogP contribution in [-0.4, -0.2) is 12.3 Å². The van der Waals surface area contributed by atoms with Crippen LogP contribution < -0.4 is 5.73 Å². The summed E-state index contributed by atoms with van der Waals surface area (Å²) in [4.78, 5) is 12.6. The van der Waals surface area contributed by atoms with E-state index in [2.05, 4.69) is 13.8 Å². The van der Waals surface area contributed by atoms with Crippen molar-refractivity contribution >= 4 is 5.78 Å². The maximum Gasteiger partial charge on any atom is 0.140 e. The molecule has 1 aliphatic carbocycles. The van der Waals surface area contributed by atoms with E-state index in [0.717, 1.165) is 25.7 Å². The van der Waals surface area contributed by atoms with Crippen molar-refractivity contribution in [2.45, 2.75) is 78.1 Å². The summed E-state index contributed by atoms with van der Waals surface area (Å²) < 4.78 is 0. The van der Waals surface area contributed by atoms with Crippen molar-refractivity contribution in [2.75, 3.05) is 6.54 Å². The molecule has 2 heteroatoms. The fourth-order valence-electron chi connectivity index (χ4n) is 3.25. The minimum atomic E-state index is -0.155. The molecule has 0 heterocycles. The number of unbranched alkanes of at least 4 members (excludes halogenated alkanes) is 1. The van der Waals surface area contributed by atoms with Crippen LogP contribution >= 0.6 is 0 Å². The van der Waals surface area contributed by atoms with Gasteiger partial charge in [-0.1, -0.05) is 58.8 Å². The minimum Gasteiger partial charge on any atom is -0.329 e. The quantitative estimate of drug-likeness (QED) is 0.708. The molecule has 0 radical (unpaired) electrons. The highest BCUT2D eigenvalue weighted by atomic mass is 16.1. The lowest BCUT2D eigenvalue weighted by Gasteiger charge is -2.35. The predicted molar refractivity (Wildman–Crippen MR) is 77.5 cm³/mol. The van der Waals surface area contributed by atoms with Gasteiger partial charge in [-0.15, -0.1) is 0 Å². The van der Waals surface area contributed by atoms with Gasteiger partial charge in [0.1, 0.15) is 5.78 Å². The first-order valence-corrected chi connectivity index (χ1v) is 7.92. The third kappa shape index (κ3) is 4.08. The van der Waals surface area contributed by atoms with Crippen LogP contribution in [0.5, 0.6) is 0 Å². The number of hydrogen-bond donors (Lipinski definition) is 1. The van der Waals surface area contributed by atoms with Crippen LogP contribution in [0.25, 0.3) is 0 Å². The second-order valence-electron chi connectivity index (χ2n) is 6.09. The molecule has 0 aromatic rings. The van der Waals surface area contributed by atoms with Gasteiger partial charge in [-0.2, -0.15) is 0 Å². The van der Waals surface area contributed by atoms with E-state index in [-0.39, 0.29) is 5.41 Å². The largest absolute Gasteiger partial charge is 0.329 e. The molecule has 1 atom stereocenters. The van der Waals surface area contributed by atoms with Gasteiger partial charge in [-0.25, -0.2) is 0 Å². The van der Waals surface area contributed by atoms with Crippen molar-refractivity contribution in [3.05, 3.63) is 0 Å². The first-order chi connectivity index (χ1) is 8.68. The maximum absolute atomic E-state index is 12.6. The third-order valence-corrected chi connectivity index (χ3v) is 4.81. The average Bonchev–Trinajstić information content (AvgIpc) is 2.43. The number of nitrogens with two attached hydrogens (primary N) is 1. The van der Waals surface area contributed by atoms with E-state index in [1.54, 1.807) is 0 Å². The van der Waals surface area contributed by atoms with Gasteiger partial charge in [0.2, 0.25) is 0 Å². The second-order valence-corrected chi connectivity index (χ2v) is 6.09. The van der Waals surface area contributed by atoms with Gasteiger partial charge < -0.3 is 5.73 Å². The van der Waals surface area contributed by atoms with Crippen LogP contribution in [0.4, 0.5) is 0 Å². The summed E-state index contributed by atoms with van der Waals surface area (Å²) in [5.41, 5.74) is 5.78. The van der Waals surface area contributed by atoms with Crippen molar-refractivity contribution in [1.82, 2.24) is 0 Å². The molecule has 0 aromatic carbocycles. The highest BCUT2D eigenvalue weighted by molar-refractivity contribution is 5.85. The Hall–Kier alpha value is -0.370. The molecule has 18 heavy (non-hydrogen) atoms. The van der Waals surface area contributed by atoms with Crippen molar-refractivity contribution in [3.63, 3.8) is 0 Å². The van der Waals surface area contributed by atoms with Crippen LogP contribution in [0.3, 0.4) is 0 Å². The molecule has 1 aliphatic rings. The zero-order valence-electron chi connectivity index (χ0n) is 12.3. The normalized spacial score (nSPS) is 20.6. The van der Waals surface area contributed by atoms with Gasteiger partial charge in [-0.3, -0.25) is 4.79 Å². The molecule has 1 saturated carbocycles. The molecular formula is C16H31NO. The molecular weight excluding hydrogens is 222 g/mol. The smallest absolute Gasteiger partial charge is 0.140 e. The van der Waals surface area contributed by atoms with Crippen LogP contribution in [0.2, 0.25) is 0 Å². The molecule has 0 aliphatic heterocycles. The SMILES string of the molecule is CCCCC(CC)CC(=O)C1(CN)CCCCC1. The Balaban J connectivity index is 2.54. The molecule has 1 rings (SSSR count). The van der Waals surface area contributed by atoms with Crippen LogP contribution in [-0.2, 0) is 4.79 Å². The molecule has 0 saturated heterocycles. The molecule has 0 bridgehead atoms. The number of rotatable bonds is 8. The summed E-state index contributed by atoms with van der Waals surface area (Å²) >= 11 is 0. The molecule has 1 fully saturated rings. The summed E-state index contributed by atoms with van der Waals surface area (Å²) in [6.07, 6.45) is 11.3. The van der Waals surface area contributed by atoms with Crippen molar-refractivity contribution in [1.29, 1.82) is 0 Å². The topological polar surface area (TPSA) is 43.1 Å². The summed E-state index contributed by atoms with van der Waals surface area (Å²) in [7, 11) is 0. The highest BCUT2D eigenvalue weighted by Crippen LogP contribution is 2.38. The highest BCUT2D eigenvalue weighted by Gasteiger charge is 2.38. The molecule has 106 valence electrons. The summed E-state index contributed by atoms with van der Waals surface area (Å²) in [6, 6.07) is 0. The van der Waals surface area contributed by atoms with E-state index in [1.165, 1.54) is 38.5 Å². The Morgan fingerprint density at radius 2 is 1.89 bits per heavy atom. The van der Waals surface area contributed by atoms with Gasteiger partial charge in [0.05, 0.1) is 0 Å². The van der Waals surface area contributed by atoms with Crippen LogP contribution in [0.15, 0.2) is 0 Å². The van der Waals surface area contributed by atoms with Gasteiger partial charge >= 0.3 is 0 Å². The predicted octanol–water partition coefficient (Wildman–Crippen LogP) is 4.07. The summed E-state index contributed by atoms with van der Waals surface area (Å²) in [5, 5.41) is 0. The third-order valence-electron chi connectivity index (χ3n) is 4.81. The Kier molecular flexibility index (Phi) is 6.91. The first-order valence-electron chi connectivity index (χ1n) is 7.92. The number of carbonyl (C=O) groups excluding carboxylic acids is 1. The molecule has 2 N–H and O–H groups in total. The fourth-order valence-corrected chi connectivity index (χ4v) is 3.25. The van der Waals surface area contributed by atoms with Gasteiger partial charge in [0, 0.05) is 18.4 Å². The molecule has 0 amide bonds. The zero-order chi connectivity index (χ0) is 13.4. The summed E-state index contributed by atoms with van der Waals surface area (Å²) in [6.45, 7) is 5.00. The molecule has 0 aromatic heterocycles. The standard InChI is InChI=1S/C16H31NO/c1-3-5-9-14(4-2)12-15(18)16(13-17)10-7-6-8-11-16/h14H,3-13,17H2,1-2H3. The Bertz CT molecular complexity index is 243. The van der Waals surface area contributed by atoms with Gasteiger partial charge in [0.15, 0.2) is 0 Å². The molecule has 2 nitrogen and oxygen atoms in total. The van der Waals surface area contributed by atoms with Gasteiger partial charge in [-0.05, 0) is 18.8 Å². The maximum atomic E-state index is 12.6. The average molecular weight is 253 g/mol. The number of hydrogen-bond acceptors (Lipinski definition) is 2. The van der Waals surface area contributed by atoms with E-state index in [0.29, 0.717) is 18.2 Å². The lowest BCUT2D eigenvalue weighted by molar-refractivity contribution is -0.131. The molecule has 0 spiro atoms. The van der Waals surface area contributed by atoms with E-state index in [4.69, 9.17) is 5.73 Å². The van der Waals surface area contributed by atoms with Crippen molar-refractivity contribution < 1.29 is 4.79 Å². The Morgan fingerprint density at radius 1 is 1.22 bits per heavy atom. The monoisotopic (exact) mass is 253 g/mol. The van der Waals surface area contributed by atoms with Crippen LogP contribution in [0.1, 0.15) is 78.1 Å². The van der Waals surface area contributed by atoms with E-state index in [9.17, 15) is 4.79 Å². The van der Waals surface area contributed by atoms with Gasteiger partial charge in [0.25, 0.3) is 0 Å². The lowest BCUT2D eigenvalue weighted by Crippen LogP contribution is -2.41. The number of Topliss-reactive ketones (excluding diaryl/α,β-unsaturated/α-hetero) is 1. The number of carbonyl (C=O) groups is 1. The Labute approximate surface area is 113 Å². The van der Waals surface area contributed by atoms with E-state index in [1.807, 2.05) is 0 Å². The summed E-state index contributed by atoms with van der Waals surface area (Å²) in [5.74, 6) is 1.05. The molecule has 1 unspecified atom stereocenters. The zero-order valence-corrected chi connectivity index (χ0v) is 12.3. The first kappa shape index (κ1) is 15.7. The van der Waals surface area contributed by atoms with E-state index >= 15 is 0 Å².